The van der Waals surface area contributed by atoms with Gasteiger partial charge < -0.3 is 9.84 Å². The Morgan fingerprint density at radius 3 is 2.55 bits per heavy atom. The minimum Gasteiger partial charge on any atom is -0.494 e. The Labute approximate surface area is 118 Å². The van der Waals surface area contributed by atoms with Crippen molar-refractivity contribution in [2.24, 2.45) is 5.92 Å². The van der Waals surface area contributed by atoms with Crippen LogP contribution < -0.4 is 9.46 Å². The third-order valence-electron chi connectivity index (χ3n) is 2.64. The first-order chi connectivity index (χ1) is 9.27. The number of benzene rings is 1. The third kappa shape index (κ3) is 4.21. The fraction of sp³-hybridized carbons (Fsp3) is 0.462. The molecule has 0 saturated heterocycles. The number of nitrogens with one attached hydrogen (secondary N) is 1. The fourth-order valence-corrected chi connectivity index (χ4v) is 2.98. The van der Waals surface area contributed by atoms with Gasteiger partial charge in [-0.25, -0.2) is 8.42 Å². The molecule has 0 amide bonds. The lowest BCUT2D eigenvalue weighted by Gasteiger charge is -2.18. The number of hydrogen-bond donors (Lipinski definition) is 2. The molecule has 0 aromatic heterocycles. The van der Waals surface area contributed by atoms with Gasteiger partial charge in [0.25, 0.3) is 0 Å². The Hall–Kier alpha value is -1.60. The van der Waals surface area contributed by atoms with Gasteiger partial charge in [-0.05, 0) is 25.0 Å². The van der Waals surface area contributed by atoms with E-state index in [4.69, 9.17) is 9.84 Å². The molecule has 1 aromatic rings. The zero-order chi connectivity index (χ0) is 15.3. The standard InChI is InChI=1S/C13H19NO5S/c1-4-19-10-6-5-7-11(8-10)20(17,18)14-12(9(2)3)13(15)16/h5-9,12,14H,4H2,1-3H3,(H,15,16)/t12-/m0/s1. The summed E-state index contributed by atoms with van der Waals surface area (Å²) in [5.41, 5.74) is 0. The molecule has 0 saturated carbocycles. The maximum Gasteiger partial charge on any atom is 0.322 e. The van der Waals surface area contributed by atoms with Gasteiger partial charge in [0.15, 0.2) is 0 Å². The molecule has 6 nitrogen and oxygen atoms in total. The van der Waals surface area contributed by atoms with Gasteiger partial charge in [0.1, 0.15) is 11.8 Å². The Bertz CT molecular complexity index is 568. The Balaban J connectivity index is 3.04. The fourth-order valence-electron chi connectivity index (χ4n) is 1.60. The van der Waals surface area contributed by atoms with E-state index in [1.165, 1.54) is 12.1 Å². The highest BCUT2D eigenvalue weighted by Crippen LogP contribution is 2.18. The zero-order valence-electron chi connectivity index (χ0n) is 11.7. The zero-order valence-corrected chi connectivity index (χ0v) is 12.5. The van der Waals surface area contributed by atoms with Crippen LogP contribution in [-0.4, -0.2) is 32.1 Å². The van der Waals surface area contributed by atoms with Gasteiger partial charge in [-0.1, -0.05) is 19.9 Å². The van der Waals surface area contributed by atoms with Crippen molar-refractivity contribution < 1.29 is 23.1 Å². The minimum absolute atomic E-state index is 0.0182. The van der Waals surface area contributed by atoms with E-state index in [9.17, 15) is 13.2 Å². The smallest absolute Gasteiger partial charge is 0.322 e. The molecule has 0 aliphatic rings. The normalized spacial score (nSPS) is 13.2. The van der Waals surface area contributed by atoms with Crippen LogP contribution in [0.15, 0.2) is 29.2 Å². The van der Waals surface area contributed by atoms with Gasteiger partial charge in [-0.3, -0.25) is 4.79 Å². The first-order valence-electron chi connectivity index (χ1n) is 6.26. The van der Waals surface area contributed by atoms with Crippen LogP contribution >= 0.6 is 0 Å². The lowest BCUT2D eigenvalue weighted by atomic mass is 10.1. The highest BCUT2D eigenvalue weighted by Gasteiger charge is 2.28. The Morgan fingerprint density at radius 2 is 2.05 bits per heavy atom. The van der Waals surface area contributed by atoms with Gasteiger partial charge in [0.05, 0.1) is 11.5 Å². The van der Waals surface area contributed by atoms with Crippen molar-refractivity contribution in [3.8, 4) is 5.75 Å². The number of ether oxygens (including phenoxy) is 1. The van der Waals surface area contributed by atoms with Gasteiger partial charge >= 0.3 is 5.97 Å². The van der Waals surface area contributed by atoms with Crippen molar-refractivity contribution in [2.75, 3.05) is 6.61 Å². The van der Waals surface area contributed by atoms with E-state index in [0.29, 0.717) is 12.4 Å². The molecule has 0 radical (unpaired) electrons. The molecule has 112 valence electrons. The lowest BCUT2D eigenvalue weighted by molar-refractivity contribution is -0.140. The lowest BCUT2D eigenvalue weighted by Crippen LogP contribution is -2.44. The van der Waals surface area contributed by atoms with Crippen molar-refractivity contribution in [3.63, 3.8) is 0 Å². The first kappa shape index (κ1) is 16.5. The summed E-state index contributed by atoms with van der Waals surface area (Å²) in [6.07, 6.45) is 0. The van der Waals surface area contributed by atoms with E-state index in [-0.39, 0.29) is 10.8 Å². The summed E-state index contributed by atoms with van der Waals surface area (Å²) in [6.45, 7) is 5.48. The van der Waals surface area contributed by atoms with Crippen molar-refractivity contribution in [1.29, 1.82) is 0 Å². The summed E-state index contributed by atoms with van der Waals surface area (Å²) in [5.74, 6) is -1.14. The van der Waals surface area contributed by atoms with Gasteiger partial charge in [0.2, 0.25) is 10.0 Å². The minimum atomic E-state index is -3.90. The van der Waals surface area contributed by atoms with Crippen molar-refractivity contribution in [2.45, 2.75) is 31.7 Å². The Kier molecular flexibility index (Phi) is 5.52. The predicted octanol–water partition coefficient (Wildman–Crippen LogP) is 1.47. The predicted molar refractivity (Wildman–Crippen MR) is 74.2 cm³/mol. The van der Waals surface area contributed by atoms with Crippen LogP contribution in [-0.2, 0) is 14.8 Å². The molecule has 0 fully saturated rings. The molecule has 0 aliphatic carbocycles. The van der Waals surface area contributed by atoms with E-state index in [0.717, 1.165) is 0 Å². The molecule has 0 unspecified atom stereocenters. The average Bonchev–Trinajstić information content (AvgIpc) is 2.36. The summed E-state index contributed by atoms with van der Waals surface area (Å²) in [4.78, 5) is 11.0. The topological polar surface area (TPSA) is 92.7 Å². The second-order valence-corrected chi connectivity index (χ2v) is 6.30. The molecule has 1 atom stereocenters. The van der Waals surface area contributed by atoms with E-state index >= 15 is 0 Å². The summed E-state index contributed by atoms with van der Waals surface area (Å²) in [7, 11) is -3.90. The maximum absolute atomic E-state index is 12.2. The number of aliphatic carboxylic acids is 1. The molecule has 1 rings (SSSR count). The van der Waals surface area contributed by atoms with Crippen LogP contribution in [0, 0.1) is 5.92 Å². The Morgan fingerprint density at radius 1 is 1.40 bits per heavy atom. The van der Waals surface area contributed by atoms with Crippen LogP contribution in [0.5, 0.6) is 5.75 Å². The molecule has 1 aromatic carbocycles. The summed E-state index contributed by atoms with van der Waals surface area (Å²) < 4.78 is 31.8. The molecule has 0 heterocycles. The molecular formula is C13H19NO5S. The van der Waals surface area contributed by atoms with Crippen LogP contribution in [0.4, 0.5) is 0 Å². The number of carbonyl (C=O) groups is 1. The highest BCUT2D eigenvalue weighted by molar-refractivity contribution is 7.89. The van der Waals surface area contributed by atoms with Crippen molar-refractivity contribution in [1.82, 2.24) is 4.72 Å². The van der Waals surface area contributed by atoms with Gasteiger partial charge in [0, 0.05) is 6.07 Å². The number of carboxylic acids is 1. The number of hydrogen-bond acceptors (Lipinski definition) is 4. The van der Waals surface area contributed by atoms with Gasteiger partial charge in [-0.2, -0.15) is 4.72 Å². The maximum atomic E-state index is 12.2. The van der Waals surface area contributed by atoms with Crippen LogP contribution in [0.3, 0.4) is 0 Å². The number of sulfonamides is 1. The van der Waals surface area contributed by atoms with E-state index in [2.05, 4.69) is 4.72 Å². The van der Waals surface area contributed by atoms with Gasteiger partial charge in [-0.15, -0.1) is 0 Å². The molecule has 0 aliphatic heterocycles. The number of rotatable bonds is 7. The molecule has 0 spiro atoms. The SMILES string of the molecule is CCOc1cccc(S(=O)(=O)N[C@H](C(=O)O)C(C)C)c1. The third-order valence-corrected chi connectivity index (χ3v) is 4.08. The van der Waals surface area contributed by atoms with Crippen molar-refractivity contribution in [3.05, 3.63) is 24.3 Å². The second-order valence-electron chi connectivity index (χ2n) is 4.59. The monoisotopic (exact) mass is 301 g/mol. The average molecular weight is 301 g/mol. The van der Waals surface area contributed by atoms with E-state index in [1.54, 1.807) is 32.9 Å². The molecule has 0 bridgehead atoms. The molecule has 20 heavy (non-hydrogen) atoms. The molecule has 2 N–H and O–H groups in total. The quantitative estimate of drug-likeness (QED) is 0.795. The van der Waals surface area contributed by atoms with Crippen LogP contribution in [0.25, 0.3) is 0 Å². The second kappa shape index (κ2) is 6.71. The number of carboxylic acid groups (broad SMARTS) is 1. The van der Waals surface area contributed by atoms with Crippen LogP contribution in [0.2, 0.25) is 0 Å². The van der Waals surface area contributed by atoms with Crippen molar-refractivity contribution >= 4 is 16.0 Å². The van der Waals surface area contributed by atoms with Crippen LogP contribution in [0.1, 0.15) is 20.8 Å². The summed E-state index contributed by atoms with van der Waals surface area (Å²) in [6, 6.07) is 4.77. The molecular weight excluding hydrogens is 282 g/mol. The summed E-state index contributed by atoms with van der Waals surface area (Å²) in [5, 5.41) is 9.04. The largest absolute Gasteiger partial charge is 0.494 e. The van der Waals surface area contributed by atoms with E-state index in [1.807, 2.05) is 0 Å². The summed E-state index contributed by atoms with van der Waals surface area (Å²) >= 11 is 0. The first-order valence-corrected chi connectivity index (χ1v) is 7.74. The van der Waals surface area contributed by atoms with E-state index < -0.39 is 22.0 Å². The molecule has 7 heteroatoms. The highest BCUT2D eigenvalue weighted by atomic mass is 32.2.